The molecule has 1 atom stereocenters. The number of unbranched alkanes of at least 4 members (excludes halogenated alkanes) is 2. The summed E-state index contributed by atoms with van der Waals surface area (Å²) in [5, 5.41) is 0.499. The van der Waals surface area contributed by atoms with Crippen LogP contribution in [0.5, 0.6) is 5.75 Å². The van der Waals surface area contributed by atoms with Gasteiger partial charge in [0.1, 0.15) is 11.3 Å². The van der Waals surface area contributed by atoms with Gasteiger partial charge in [-0.3, -0.25) is 14.5 Å². The maximum Gasteiger partial charge on any atom is 0.295 e. The summed E-state index contributed by atoms with van der Waals surface area (Å²) < 4.78 is 12.1. The molecule has 1 aliphatic rings. The molecule has 5 nitrogen and oxygen atoms in total. The molecule has 0 radical (unpaired) electrons. The molecule has 5 heteroatoms. The van der Waals surface area contributed by atoms with E-state index in [4.69, 9.17) is 9.15 Å². The topological polar surface area (TPSA) is 59.8 Å². The molecule has 1 amide bonds. The number of hydrogen-bond donors (Lipinski definition) is 0. The molecule has 190 valence electrons. The number of benzene rings is 3. The first kappa shape index (κ1) is 24.8. The lowest BCUT2D eigenvalue weighted by molar-refractivity contribution is 0.0971. The number of aryl methyl sites for hydroxylation is 3. The van der Waals surface area contributed by atoms with Crippen molar-refractivity contribution in [3.63, 3.8) is 0 Å². The van der Waals surface area contributed by atoms with Gasteiger partial charge < -0.3 is 9.15 Å². The average molecular weight is 496 g/mol. The van der Waals surface area contributed by atoms with Gasteiger partial charge in [0.05, 0.1) is 23.6 Å². The molecular weight excluding hydrogens is 462 g/mol. The third-order valence-electron chi connectivity index (χ3n) is 7.32. The van der Waals surface area contributed by atoms with E-state index in [2.05, 4.69) is 13.8 Å². The van der Waals surface area contributed by atoms with Gasteiger partial charge in [0.2, 0.25) is 5.76 Å². The van der Waals surface area contributed by atoms with Gasteiger partial charge in [-0.25, -0.2) is 0 Å². The largest absolute Gasteiger partial charge is 0.494 e. The lowest BCUT2D eigenvalue weighted by Crippen LogP contribution is -2.29. The monoisotopic (exact) mass is 495 g/mol. The molecule has 1 aliphatic heterocycles. The summed E-state index contributed by atoms with van der Waals surface area (Å²) in [6, 6.07) is 18.8. The van der Waals surface area contributed by atoms with E-state index in [0.29, 0.717) is 23.1 Å². The van der Waals surface area contributed by atoms with Gasteiger partial charge in [0, 0.05) is 5.69 Å². The molecule has 0 aliphatic carbocycles. The number of fused-ring (bicyclic) bond motifs is 2. The Morgan fingerprint density at radius 2 is 1.59 bits per heavy atom. The van der Waals surface area contributed by atoms with Crippen molar-refractivity contribution in [2.75, 3.05) is 11.5 Å². The third kappa shape index (κ3) is 4.55. The lowest BCUT2D eigenvalue weighted by Gasteiger charge is -2.25. The minimum atomic E-state index is -0.591. The summed E-state index contributed by atoms with van der Waals surface area (Å²) in [5.74, 6) is 0.589. The Bertz CT molecular complexity index is 1500. The van der Waals surface area contributed by atoms with Crippen LogP contribution in [-0.4, -0.2) is 12.5 Å². The summed E-state index contributed by atoms with van der Waals surface area (Å²) in [7, 11) is 0. The van der Waals surface area contributed by atoms with Crippen LogP contribution in [-0.2, 0) is 6.42 Å². The lowest BCUT2D eigenvalue weighted by atomic mass is 9.97. The molecule has 37 heavy (non-hydrogen) atoms. The van der Waals surface area contributed by atoms with Gasteiger partial charge in [0.25, 0.3) is 5.91 Å². The highest BCUT2D eigenvalue weighted by Gasteiger charge is 2.43. The van der Waals surface area contributed by atoms with Crippen molar-refractivity contribution in [1.82, 2.24) is 0 Å². The number of hydrogen-bond acceptors (Lipinski definition) is 4. The van der Waals surface area contributed by atoms with E-state index in [9.17, 15) is 9.59 Å². The Morgan fingerprint density at radius 1 is 0.892 bits per heavy atom. The molecule has 0 N–H and O–H groups in total. The molecule has 1 aromatic heterocycles. The van der Waals surface area contributed by atoms with Crippen molar-refractivity contribution in [1.29, 1.82) is 0 Å². The van der Waals surface area contributed by atoms with Crippen LogP contribution in [0.4, 0.5) is 5.69 Å². The third-order valence-corrected chi connectivity index (χ3v) is 7.32. The zero-order valence-electron chi connectivity index (χ0n) is 22.0. The standard InChI is InChI=1S/C32H33NO4/c1-5-7-8-17-36-25-15-11-23(12-16-25)29-28-30(34)26-18-20(3)21(4)19-27(26)37-31(28)32(35)33(29)24-13-9-22(6-2)10-14-24/h9-16,18-19,29H,5-8,17H2,1-4H3. The molecule has 4 aromatic rings. The molecule has 0 spiro atoms. The van der Waals surface area contributed by atoms with Gasteiger partial charge >= 0.3 is 0 Å². The first-order valence-corrected chi connectivity index (χ1v) is 13.2. The number of amides is 1. The number of rotatable bonds is 8. The van der Waals surface area contributed by atoms with Crippen LogP contribution in [0.15, 0.2) is 69.9 Å². The highest BCUT2D eigenvalue weighted by molar-refractivity contribution is 6.10. The van der Waals surface area contributed by atoms with Crippen molar-refractivity contribution in [2.45, 2.75) is 59.4 Å². The maximum atomic E-state index is 13.9. The van der Waals surface area contributed by atoms with Crippen LogP contribution in [0.25, 0.3) is 11.0 Å². The number of carbonyl (C=O) groups excluding carboxylic acids is 1. The number of carbonyl (C=O) groups is 1. The summed E-state index contributed by atoms with van der Waals surface area (Å²) in [4.78, 5) is 29.4. The summed E-state index contributed by atoms with van der Waals surface area (Å²) >= 11 is 0. The predicted octanol–water partition coefficient (Wildman–Crippen LogP) is 7.29. The fraction of sp³-hybridized carbons (Fsp3) is 0.312. The van der Waals surface area contributed by atoms with Crippen LogP contribution in [0.1, 0.15) is 77.5 Å². The molecule has 0 fully saturated rings. The second-order valence-electron chi connectivity index (χ2n) is 9.83. The molecule has 0 bridgehead atoms. The second kappa shape index (κ2) is 10.3. The Kier molecular flexibility index (Phi) is 6.88. The predicted molar refractivity (Wildman–Crippen MR) is 148 cm³/mol. The van der Waals surface area contributed by atoms with Crippen molar-refractivity contribution in [3.05, 3.63) is 104 Å². The molecule has 2 heterocycles. The van der Waals surface area contributed by atoms with E-state index in [1.807, 2.05) is 74.5 Å². The Hall–Kier alpha value is -3.86. The quantitative estimate of drug-likeness (QED) is 0.241. The SMILES string of the molecule is CCCCCOc1ccc(C2c3c(oc4cc(C)c(C)cc4c3=O)C(=O)N2c2ccc(CC)cc2)cc1. The second-order valence-corrected chi connectivity index (χ2v) is 9.83. The van der Waals surface area contributed by atoms with Gasteiger partial charge in [0.15, 0.2) is 5.43 Å². The molecule has 5 rings (SSSR count). The van der Waals surface area contributed by atoms with Crippen molar-refractivity contribution in [2.24, 2.45) is 0 Å². The summed E-state index contributed by atoms with van der Waals surface area (Å²) in [6.45, 7) is 8.88. The fourth-order valence-corrected chi connectivity index (χ4v) is 4.99. The maximum absolute atomic E-state index is 13.9. The number of nitrogens with zero attached hydrogens (tertiary/aromatic N) is 1. The van der Waals surface area contributed by atoms with Crippen LogP contribution in [0.3, 0.4) is 0 Å². The van der Waals surface area contributed by atoms with Crippen LogP contribution < -0.4 is 15.1 Å². The highest BCUT2D eigenvalue weighted by atomic mass is 16.5. The van der Waals surface area contributed by atoms with Crippen LogP contribution in [0.2, 0.25) is 0 Å². The van der Waals surface area contributed by atoms with Crippen molar-refractivity contribution >= 4 is 22.6 Å². The van der Waals surface area contributed by atoms with Crippen molar-refractivity contribution < 1.29 is 13.9 Å². The normalized spacial score (nSPS) is 14.9. The van der Waals surface area contributed by atoms with Gasteiger partial charge in [-0.05, 0) is 85.3 Å². The van der Waals surface area contributed by atoms with E-state index in [1.165, 1.54) is 5.56 Å². The molecule has 0 saturated heterocycles. The van der Waals surface area contributed by atoms with E-state index >= 15 is 0 Å². The number of anilines is 1. The summed E-state index contributed by atoms with van der Waals surface area (Å²) in [5.41, 5.74) is 5.44. The van der Waals surface area contributed by atoms with Gasteiger partial charge in [-0.1, -0.05) is 51.0 Å². The smallest absolute Gasteiger partial charge is 0.295 e. The van der Waals surface area contributed by atoms with Gasteiger partial charge in [-0.2, -0.15) is 0 Å². The van der Waals surface area contributed by atoms with Crippen molar-refractivity contribution in [3.8, 4) is 5.75 Å². The van der Waals surface area contributed by atoms with E-state index < -0.39 is 6.04 Å². The molecule has 1 unspecified atom stereocenters. The first-order chi connectivity index (χ1) is 17.9. The molecule has 3 aromatic carbocycles. The van der Waals surface area contributed by atoms with E-state index in [1.54, 1.807) is 4.90 Å². The zero-order valence-corrected chi connectivity index (χ0v) is 22.0. The van der Waals surface area contributed by atoms with E-state index in [0.717, 1.165) is 53.8 Å². The first-order valence-electron chi connectivity index (χ1n) is 13.2. The highest BCUT2D eigenvalue weighted by Crippen LogP contribution is 2.41. The summed E-state index contributed by atoms with van der Waals surface area (Å²) in [6.07, 6.45) is 4.19. The molecule has 0 saturated carbocycles. The zero-order chi connectivity index (χ0) is 26.1. The number of ether oxygens (including phenoxy) is 1. The van der Waals surface area contributed by atoms with E-state index in [-0.39, 0.29) is 17.1 Å². The average Bonchev–Trinajstić information content (AvgIpc) is 3.20. The Labute approximate surface area is 217 Å². The minimum Gasteiger partial charge on any atom is -0.494 e. The Balaban J connectivity index is 1.63. The fourth-order valence-electron chi connectivity index (χ4n) is 4.99. The molecular formula is C32H33NO4. The van der Waals surface area contributed by atoms with Crippen LogP contribution in [0, 0.1) is 13.8 Å². The Morgan fingerprint density at radius 3 is 2.27 bits per heavy atom. The van der Waals surface area contributed by atoms with Gasteiger partial charge in [-0.15, -0.1) is 0 Å². The van der Waals surface area contributed by atoms with Crippen LogP contribution >= 0.6 is 0 Å². The minimum absolute atomic E-state index is 0.116.